The van der Waals surface area contributed by atoms with E-state index in [2.05, 4.69) is 10.6 Å². The minimum Gasteiger partial charge on any atom is -0.444 e. The standard InChI is InChI=1S/C13H20ClN3O2/c1-13(2,3)19-12(18)17-8-7-16-10-6-4-5-9(14)11(10)15/h4-6,16H,7-8,15H2,1-3H3,(H,17,18). The molecule has 0 saturated carbocycles. The highest BCUT2D eigenvalue weighted by atomic mass is 35.5. The largest absolute Gasteiger partial charge is 0.444 e. The lowest BCUT2D eigenvalue weighted by molar-refractivity contribution is 0.0530. The van der Waals surface area contributed by atoms with Gasteiger partial charge in [-0.25, -0.2) is 4.79 Å². The van der Waals surface area contributed by atoms with Gasteiger partial charge in [0.2, 0.25) is 0 Å². The number of rotatable bonds is 4. The maximum Gasteiger partial charge on any atom is 0.407 e. The molecule has 0 aromatic heterocycles. The number of nitrogens with one attached hydrogen (secondary N) is 2. The average Bonchev–Trinajstić information content (AvgIpc) is 2.27. The van der Waals surface area contributed by atoms with Crippen LogP contribution < -0.4 is 16.4 Å². The van der Waals surface area contributed by atoms with E-state index in [0.29, 0.717) is 23.8 Å². The minimum atomic E-state index is -0.491. The molecule has 0 aliphatic carbocycles. The van der Waals surface area contributed by atoms with Gasteiger partial charge in [-0.2, -0.15) is 0 Å². The molecular weight excluding hydrogens is 266 g/mol. The summed E-state index contributed by atoms with van der Waals surface area (Å²) in [6.45, 7) is 6.41. The number of amides is 1. The van der Waals surface area contributed by atoms with Crippen LogP contribution in [0.15, 0.2) is 18.2 Å². The lowest BCUT2D eigenvalue weighted by Crippen LogP contribution is -2.35. The van der Waals surface area contributed by atoms with Crippen LogP contribution in [0, 0.1) is 0 Å². The summed E-state index contributed by atoms with van der Waals surface area (Å²) in [6.07, 6.45) is -0.437. The zero-order chi connectivity index (χ0) is 14.5. The van der Waals surface area contributed by atoms with Crippen molar-refractivity contribution in [3.8, 4) is 0 Å². The van der Waals surface area contributed by atoms with Crippen LogP contribution in [0.5, 0.6) is 0 Å². The highest BCUT2D eigenvalue weighted by Crippen LogP contribution is 2.26. The summed E-state index contributed by atoms with van der Waals surface area (Å²) in [6, 6.07) is 5.36. The van der Waals surface area contributed by atoms with Gasteiger partial charge in [-0.05, 0) is 32.9 Å². The second kappa shape index (κ2) is 6.52. The topological polar surface area (TPSA) is 76.4 Å². The average molecular weight is 286 g/mol. The molecule has 1 amide bonds. The van der Waals surface area contributed by atoms with Crippen molar-refractivity contribution >= 4 is 29.1 Å². The number of carbonyl (C=O) groups excluding carboxylic acids is 1. The van der Waals surface area contributed by atoms with Crippen LogP contribution in [0.1, 0.15) is 20.8 Å². The fourth-order valence-corrected chi connectivity index (χ4v) is 1.54. The highest BCUT2D eigenvalue weighted by molar-refractivity contribution is 6.33. The summed E-state index contributed by atoms with van der Waals surface area (Å²) in [5.41, 5.74) is 6.56. The molecule has 6 heteroatoms. The van der Waals surface area contributed by atoms with Gasteiger partial charge < -0.3 is 21.1 Å². The molecule has 0 saturated heterocycles. The molecule has 1 aromatic rings. The summed E-state index contributed by atoms with van der Waals surface area (Å²) in [7, 11) is 0. The summed E-state index contributed by atoms with van der Waals surface area (Å²) >= 11 is 5.89. The van der Waals surface area contributed by atoms with Crippen molar-refractivity contribution in [2.24, 2.45) is 0 Å². The third-order valence-electron chi connectivity index (χ3n) is 2.16. The van der Waals surface area contributed by atoms with E-state index in [4.69, 9.17) is 22.1 Å². The molecule has 0 atom stereocenters. The zero-order valence-electron chi connectivity index (χ0n) is 11.4. The SMILES string of the molecule is CC(C)(C)OC(=O)NCCNc1cccc(Cl)c1N. The van der Waals surface area contributed by atoms with Crippen LogP contribution in [0.4, 0.5) is 16.2 Å². The number of anilines is 2. The number of hydrogen-bond donors (Lipinski definition) is 3. The number of alkyl carbamates (subject to hydrolysis) is 1. The summed E-state index contributed by atoms with van der Waals surface area (Å²) in [4.78, 5) is 11.4. The molecule has 0 unspecified atom stereocenters. The number of ether oxygens (including phenoxy) is 1. The number of nitrogens with two attached hydrogens (primary N) is 1. The van der Waals surface area contributed by atoms with Crippen molar-refractivity contribution < 1.29 is 9.53 Å². The molecule has 0 bridgehead atoms. The smallest absolute Gasteiger partial charge is 0.407 e. The van der Waals surface area contributed by atoms with Gasteiger partial charge in [0.1, 0.15) is 5.60 Å². The molecule has 0 heterocycles. The Morgan fingerprint density at radius 2 is 2.05 bits per heavy atom. The van der Waals surface area contributed by atoms with Crippen molar-refractivity contribution in [1.29, 1.82) is 0 Å². The van der Waals surface area contributed by atoms with Crippen LogP contribution >= 0.6 is 11.6 Å². The van der Waals surface area contributed by atoms with E-state index in [1.807, 2.05) is 32.9 Å². The van der Waals surface area contributed by atoms with E-state index in [-0.39, 0.29) is 0 Å². The molecule has 0 radical (unpaired) electrons. The Hall–Kier alpha value is -1.62. The monoisotopic (exact) mass is 285 g/mol. The van der Waals surface area contributed by atoms with Gasteiger partial charge in [-0.1, -0.05) is 17.7 Å². The molecule has 0 spiro atoms. The first-order valence-electron chi connectivity index (χ1n) is 6.04. The van der Waals surface area contributed by atoms with Crippen molar-refractivity contribution in [3.05, 3.63) is 23.2 Å². The summed E-state index contributed by atoms with van der Waals surface area (Å²) in [5.74, 6) is 0. The Labute approximate surface area is 118 Å². The maximum atomic E-state index is 11.4. The first-order valence-corrected chi connectivity index (χ1v) is 6.42. The number of para-hydroxylation sites is 1. The molecule has 0 aliphatic rings. The van der Waals surface area contributed by atoms with Crippen LogP contribution in [-0.2, 0) is 4.74 Å². The van der Waals surface area contributed by atoms with Gasteiger partial charge in [-0.3, -0.25) is 0 Å². The first kappa shape index (κ1) is 15.4. The van der Waals surface area contributed by atoms with E-state index < -0.39 is 11.7 Å². The zero-order valence-corrected chi connectivity index (χ0v) is 12.2. The van der Waals surface area contributed by atoms with Gasteiger partial charge in [0.25, 0.3) is 0 Å². The first-order chi connectivity index (χ1) is 8.79. The Morgan fingerprint density at radius 3 is 2.68 bits per heavy atom. The van der Waals surface area contributed by atoms with Crippen molar-refractivity contribution in [3.63, 3.8) is 0 Å². The molecule has 1 rings (SSSR count). The summed E-state index contributed by atoms with van der Waals surface area (Å²) < 4.78 is 5.11. The Kier molecular flexibility index (Phi) is 5.30. The molecule has 106 valence electrons. The van der Waals surface area contributed by atoms with Gasteiger partial charge in [0, 0.05) is 13.1 Å². The van der Waals surface area contributed by atoms with Crippen LogP contribution in [0.2, 0.25) is 5.02 Å². The second-order valence-electron chi connectivity index (χ2n) is 5.06. The fourth-order valence-electron chi connectivity index (χ4n) is 1.37. The van der Waals surface area contributed by atoms with E-state index in [1.54, 1.807) is 6.07 Å². The number of benzene rings is 1. The Bertz CT molecular complexity index is 444. The van der Waals surface area contributed by atoms with Gasteiger partial charge in [0.15, 0.2) is 0 Å². The Balaban J connectivity index is 2.32. The molecule has 0 fully saturated rings. The third kappa shape index (κ3) is 5.70. The van der Waals surface area contributed by atoms with E-state index in [0.717, 1.165) is 5.69 Å². The molecule has 19 heavy (non-hydrogen) atoms. The molecular formula is C13H20ClN3O2. The van der Waals surface area contributed by atoms with E-state index in [9.17, 15) is 4.79 Å². The number of nitrogen functional groups attached to an aromatic ring is 1. The molecule has 4 N–H and O–H groups in total. The third-order valence-corrected chi connectivity index (χ3v) is 2.49. The minimum absolute atomic E-state index is 0.431. The van der Waals surface area contributed by atoms with Gasteiger partial charge >= 0.3 is 6.09 Å². The predicted octanol–water partition coefficient (Wildman–Crippen LogP) is 2.86. The number of hydrogen-bond acceptors (Lipinski definition) is 4. The Morgan fingerprint density at radius 1 is 1.37 bits per heavy atom. The van der Waals surface area contributed by atoms with Crippen LogP contribution in [0.3, 0.4) is 0 Å². The second-order valence-corrected chi connectivity index (χ2v) is 5.46. The van der Waals surface area contributed by atoms with Gasteiger partial charge in [-0.15, -0.1) is 0 Å². The lowest BCUT2D eigenvalue weighted by atomic mass is 10.2. The molecule has 1 aromatic carbocycles. The lowest BCUT2D eigenvalue weighted by Gasteiger charge is -2.19. The van der Waals surface area contributed by atoms with Crippen LogP contribution in [0.25, 0.3) is 0 Å². The normalized spacial score (nSPS) is 10.9. The molecule has 5 nitrogen and oxygen atoms in total. The van der Waals surface area contributed by atoms with E-state index in [1.165, 1.54) is 0 Å². The van der Waals surface area contributed by atoms with Crippen molar-refractivity contribution in [2.45, 2.75) is 26.4 Å². The van der Waals surface area contributed by atoms with Crippen LogP contribution in [-0.4, -0.2) is 24.8 Å². The van der Waals surface area contributed by atoms with E-state index >= 15 is 0 Å². The number of halogens is 1. The fraction of sp³-hybridized carbons (Fsp3) is 0.462. The summed E-state index contributed by atoms with van der Waals surface area (Å²) in [5, 5.41) is 6.24. The van der Waals surface area contributed by atoms with Gasteiger partial charge in [0.05, 0.1) is 16.4 Å². The highest BCUT2D eigenvalue weighted by Gasteiger charge is 2.15. The maximum absolute atomic E-state index is 11.4. The quantitative estimate of drug-likeness (QED) is 0.587. The van der Waals surface area contributed by atoms with Crippen molar-refractivity contribution in [2.75, 3.05) is 24.1 Å². The molecule has 0 aliphatic heterocycles. The number of carbonyl (C=O) groups is 1. The predicted molar refractivity (Wildman–Crippen MR) is 78.6 cm³/mol. The van der Waals surface area contributed by atoms with Crippen molar-refractivity contribution in [1.82, 2.24) is 5.32 Å².